The van der Waals surface area contributed by atoms with Crippen LogP contribution in [0.25, 0.3) is 0 Å². The Kier molecular flexibility index (Phi) is 4.79. The fraction of sp³-hybridized carbons (Fsp3) is 0.385. The van der Waals surface area contributed by atoms with Gasteiger partial charge in [-0.05, 0) is 34.8 Å². The van der Waals surface area contributed by atoms with Crippen LogP contribution in [0.2, 0.25) is 0 Å². The number of carbonyl (C=O) groups is 1. The molecule has 0 saturated carbocycles. The number of hydrogen-bond acceptors (Lipinski definition) is 2. The smallest absolute Gasteiger partial charge is 0.267 e. The molecule has 2 heterocycles. The molecule has 0 fully saturated rings. The number of rotatable bonds is 6. The lowest BCUT2D eigenvalue weighted by Gasteiger charge is -2.06. The summed E-state index contributed by atoms with van der Waals surface area (Å²) in [5, 5.41) is 2.93. The van der Waals surface area contributed by atoms with Crippen LogP contribution in [0, 0.1) is 0 Å². The lowest BCUT2D eigenvalue weighted by atomic mass is 10.3. The minimum Gasteiger partial charge on any atom is -0.351 e. The first kappa shape index (κ1) is 13.9. The highest BCUT2D eigenvalue weighted by Crippen LogP contribution is 2.13. The van der Waals surface area contributed by atoms with Crippen LogP contribution in [0.4, 0.5) is 0 Å². The maximum Gasteiger partial charge on any atom is 0.267 e. The standard InChI is InChI=1S/C13H17BrN4O/c1-17-9-11(14)8-12(17)13(19)16-4-2-3-6-18-7-5-15-10-18/h5,7-10H,2-4,6H2,1H3,(H,16,19). The van der Waals surface area contributed by atoms with Crippen LogP contribution in [-0.2, 0) is 13.6 Å². The van der Waals surface area contributed by atoms with Crippen molar-refractivity contribution in [1.29, 1.82) is 0 Å². The molecule has 6 heteroatoms. The van der Waals surface area contributed by atoms with Crippen LogP contribution in [0.3, 0.4) is 0 Å². The quantitative estimate of drug-likeness (QED) is 0.828. The first-order valence-electron chi connectivity index (χ1n) is 6.22. The predicted octanol–water partition coefficient (Wildman–Crippen LogP) is 2.19. The van der Waals surface area contributed by atoms with Crippen LogP contribution >= 0.6 is 15.9 Å². The number of nitrogens with zero attached hydrogens (tertiary/aromatic N) is 3. The predicted molar refractivity (Wildman–Crippen MR) is 76.9 cm³/mol. The molecule has 2 aromatic rings. The van der Waals surface area contributed by atoms with E-state index in [9.17, 15) is 4.79 Å². The van der Waals surface area contributed by atoms with Crippen molar-refractivity contribution in [2.45, 2.75) is 19.4 Å². The summed E-state index contributed by atoms with van der Waals surface area (Å²) in [6, 6.07) is 1.82. The van der Waals surface area contributed by atoms with Gasteiger partial charge in [0.25, 0.3) is 5.91 Å². The van der Waals surface area contributed by atoms with E-state index in [0.717, 1.165) is 23.9 Å². The molecule has 0 radical (unpaired) electrons. The zero-order valence-electron chi connectivity index (χ0n) is 10.8. The van der Waals surface area contributed by atoms with Gasteiger partial charge in [0.1, 0.15) is 5.69 Å². The van der Waals surface area contributed by atoms with E-state index in [1.807, 2.05) is 34.6 Å². The second-order valence-corrected chi connectivity index (χ2v) is 5.33. The normalized spacial score (nSPS) is 10.6. The Balaban J connectivity index is 1.68. The maximum absolute atomic E-state index is 11.9. The van der Waals surface area contributed by atoms with Gasteiger partial charge in [0.05, 0.1) is 6.33 Å². The molecular weight excluding hydrogens is 308 g/mol. The Hall–Kier alpha value is -1.56. The number of aryl methyl sites for hydroxylation is 2. The van der Waals surface area contributed by atoms with Crippen LogP contribution in [0.15, 0.2) is 35.5 Å². The number of carbonyl (C=O) groups excluding carboxylic acids is 1. The van der Waals surface area contributed by atoms with Gasteiger partial charge in [-0.1, -0.05) is 0 Å². The number of hydrogen-bond donors (Lipinski definition) is 1. The molecule has 0 aliphatic rings. The zero-order chi connectivity index (χ0) is 13.7. The number of imidazole rings is 1. The molecule has 0 aliphatic heterocycles. The molecule has 0 aromatic carbocycles. The highest BCUT2D eigenvalue weighted by molar-refractivity contribution is 9.10. The summed E-state index contributed by atoms with van der Waals surface area (Å²) < 4.78 is 4.77. The van der Waals surface area contributed by atoms with Crippen molar-refractivity contribution in [1.82, 2.24) is 19.4 Å². The third-order valence-electron chi connectivity index (χ3n) is 2.89. The zero-order valence-corrected chi connectivity index (χ0v) is 12.4. The Bertz CT molecular complexity index is 533. The van der Waals surface area contributed by atoms with E-state index in [1.54, 1.807) is 12.5 Å². The highest BCUT2D eigenvalue weighted by atomic mass is 79.9. The topological polar surface area (TPSA) is 51.9 Å². The monoisotopic (exact) mass is 324 g/mol. The largest absolute Gasteiger partial charge is 0.351 e. The van der Waals surface area contributed by atoms with Gasteiger partial charge in [-0.2, -0.15) is 0 Å². The lowest BCUT2D eigenvalue weighted by Crippen LogP contribution is -2.26. The number of aromatic nitrogens is 3. The number of halogens is 1. The molecule has 19 heavy (non-hydrogen) atoms. The summed E-state index contributed by atoms with van der Waals surface area (Å²) in [5.41, 5.74) is 0.668. The van der Waals surface area contributed by atoms with Gasteiger partial charge in [0.15, 0.2) is 0 Å². The van der Waals surface area contributed by atoms with Crippen LogP contribution in [0.1, 0.15) is 23.3 Å². The second-order valence-electron chi connectivity index (χ2n) is 4.42. The van der Waals surface area contributed by atoms with Gasteiger partial charge in [0.2, 0.25) is 0 Å². The molecule has 2 rings (SSSR count). The van der Waals surface area contributed by atoms with Crippen LogP contribution < -0.4 is 5.32 Å². The van der Waals surface area contributed by atoms with Crippen molar-refractivity contribution in [3.63, 3.8) is 0 Å². The van der Waals surface area contributed by atoms with Crippen molar-refractivity contribution >= 4 is 21.8 Å². The van der Waals surface area contributed by atoms with E-state index >= 15 is 0 Å². The summed E-state index contributed by atoms with van der Waals surface area (Å²) in [6.45, 7) is 1.63. The summed E-state index contributed by atoms with van der Waals surface area (Å²) in [5.74, 6) is -0.0316. The van der Waals surface area contributed by atoms with Gasteiger partial charge in [-0.25, -0.2) is 4.98 Å². The third-order valence-corrected chi connectivity index (χ3v) is 3.33. The van der Waals surface area contributed by atoms with E-state index in [1.165, 1.54) is 0 Å². The third kappa shape index (κ3) is 3.96. The Labute approximate surface area is 120 Å². The molecule has 5 nitrogen and oxygen atoms in total. The second kappa shape index (κ2) is 6.56. The van der Waals surface area contributed by atoms with Gasteiger partial charge in [0, 0.05) is 43.2 Å². The van der Waals surface area contributed by atoms with Gasteiger partial charge in [-0.15, -0.1) is 0 Å². The molecular formula is C13H17BrN4O. The van der Waals surface area contributed by atoms with Gasteiger partial charge >= 0.3 is 0 Å². The highest BCUT2D eigenvalue weighted by Gasteiger charge is 2.09. The van der Waals surface area contributed by atoms with Crippen molar-refractivity contribution in [2.24, 2.45) is 7.05 Å². The summed E-state index contributed by atoms with van der Waals surface area (Å²) in [6.07, 6.45) is 9.37. The van der Waals surface area contributed by atoms with E-state index in [2.05, 4.69) is 26.2 Å². The van der Waals surface area contributed by atoms with Crippen LogP contribution in [0.5, 0.6) is 0 Å². The van der Waals surface area contributed by atoms with Crippen molar-refractivity contribution in [2.75, 3.05) is 6.54 Å². The lowest BCUT2D eigenvalue weighted by molar-refractivity contribution is 0.0945. The number of amides is 1. The van der Waals surface area contributed by atoms with Crippen molar-refractivity contribution < 1.29 is 4.79 Å². The van der Waals surface area contributed by atoms with E-state index in [4.69, 9.17) is 0 Å². The van der Waals surface area contributed by atoms with Crippen molar-refractivity contribution in [3.8, 4) is 0 Å². The molecule has 0 spiro atoms. The molecule has 0 aliphatic carbocycles. The molecule has 102 valence electrons. The maximum atomic E-state index is 11.9. The Morgan fingerprint density at radius 3 is 2.95 bits per heavy atom. The van der Waals surface area contributed by atoms with E-state index in [0.29, 0.717) is 12.2 Å². The average molecular weight is 325 g/mol. The molecule has 1 amide bonds. The van der Waals surface area contributed by atoms with Crippen LogP contribution in [-0.4, -0.2) is 26.6 Å². The molecule has 2 aromatic heterocycles. The SMILES string of the molecule is Cn1cc(Br)cc1C(=O)NCCCCn1ccnc1. The molecule has 0 unspecified atom stereocenters. The number of unbranched alkanes of at least 4 members (excludes halogenated alkanes) is 1. The average Bonchev–Trinajstić information content (AvgIpc) is 2.98. The van der Waals surface area contributed by atoms with E-state index in [-0.39, 0.29) is 5.91 Å². The van der Waals surface area contributed by atoms with Gasteiger partial charge < -0.3 is 14.5 Å². The summed E-state index contributed by atoms with van der Waals surface area (Å²) >= 11 is 3.36. The first-order chi connectivity index (χ1) is 9.16. The van der Waals surface area contributed by atoms with Crippen molar-refractivity contribution in [3.05, 3.63) is 41.2 Å². The Morgan fingerprint density at radius 1 is 1.47 bits per heavy atom. The van der Waals surface area contributed by atoms with Gasteiger partial charge in [-0.3, -0.25) is 4.79 Å². The molecule has 0 saturated heterocycles. The molecule has 0 atom stereocenters. The fourth-order valence-electron chi connectivity index (χ4n) is 1.88. The fourth-order valence-corrected chi connectivity index (χ4v) is 2.40. The summed E-state index contributed by atoms with van der Waals surface area (Å²) in [7, 11) is 1.86. The first-order valence-corrected chi connectivity index (χ1v) is 7.02. The Morgan fingerprint density at radius 2 is 2.32 bits per heavy atom. The minimum absolute atomic E-state index is 0.0316. The number of nitrogens with one attached hydrogen (secondary N) is 1. The molecule has 1 N–H and O–H groups in total. The molecule has 0 bridgehead atoms. The summed E-state index contributed by atoms with van der Waals surface area (Å²) in [4.78, 5) is 15.9. The minimum atomic E-state index is -0.0316. The van der Waals surface area contributed by atoms with E-state index < -0.39 is 0 Å².